The lowest BCUT2D eigenvalue weighted by Crippen LogP contribution is -2.32. The molecule has 0 radical (unpaired) electrons. The van der Waals surface area contributed by atoms with Crippen LogP contribution in [-0.4, -0.2) is 26.2 Å². The molecule has 1 N–H and O–H groups in total. The Bertz CT molecular complexity index is 446. The van der Waals surface area contributed by atoms with Crippen molar-refractivity contribution in [2.45, 2.75) is 18.9 Å². The molecule has 4 nitrogen and oxygen atoms in total. The van der Waals surface area contributed by atoms with Crippen molar-refractivity contribution >= 4 is 27.6 Å². The minimum Gasteiger partial charge on any atom is -0.497 e. The Morgan fingerprint density at radius 3 is 2.67 bits per heavy atom. The molecule has 0 aliphatic heterocycles. The number of halogens is 1. The fourth-order valence-corrected chi connectivity index (χ4v) is 2.34. The van der Waals surface area contributed by atoms with E-state index in [2.05, 4.69) is 21.2 Å². The molecule has 0 saturated heterocycles. The van der Waals surface area contributed by atoms with Crippen LogP contribution >= 0.6 is 15.9 Å². The molecule has 18 heavy (non-hydrogen) atoms. The molecule has 1 aromatic carbocycles. The number of nitrogens with one attached hydrogen (secondary N) is 1. The van der Waals surface area contributed by atoms with Crippen molar-refractivity contribution in [1.29, 1.82) is 0 Å². The minimum absolute atomic E-state index is 0.212. The van der Waals surface area contributed by atoms with E-state index in [1.54, 1.807) is 7.11 Å². The summed E-state index contributed by atoms with van der Waals surface area (Å²) >= 11 is 3.41. The Labute approximate surface area is 115 Å². The summed E-state index contributed by atoms with van der Waals surface area (Å²) < 4.78 is 10.9. The summed E-state index contributed by atoms with van der Waals surface area (Å²) in [6, 6.07) is 5.38. The molecular formula is C13H16BrNO3. The van der Waals surface area contributed by atoms with Gasteiger partial charge < -0.3 is 14.8 Å². The normalized spacial score (nSPS) is 15.9. The van der Waals surface area contributed by atoms with Gasteiger partial charge in [-0.15, -0.1) is 0 Å². The van der Waals surface area contributed by atoms with Gasteiger partial charge >= 0.3 is 5.97 Å². The van der Waals surface area contributed by atoms with Crippen LogP contribution in [0.2, 0.25) is 0 Å². The van der Waals surface area contributed by atoms with Crippen LogP contribution in [0.25, 0.3) is 0 Å². The Kier molecular flexibility index (Phi) is 4.11. The molecule has 1 aliphatic carbocycles. The summed E-state index contributed by atoms with van der Waals surface area (Å²) in [5, 5.41) is 3.22. The molecule has 0 aromatic heterocycles. The first-order valence-corrected chi connectivity index (χ1v) is 6.62. The first kappa shape index (κ1) is 13.2. The number of benzene rings is 1. The molecule has 1 unspecified atom stereocenters. The molecule has 1 aliphatic rings. The number of anilines is 1. The van der Waals surface area contributed by atoms with Crippen LogP contribution in [0.4, 0.5) is 5.69 Å². The van der Waals surface area contributed by atoms with Gasteiger partial charge in [-0.2, -0.15) is 0 Å². The van der Waals surface area contributed by atoms with Gasteiger partial charge in [0.2, 0.25) is 0 Å². The van der Waals surface area contributed by atoms with E-state index in [9.17, 15) is 4.79 Å². The van der Waals surface area contributed by atoms with E-state index in [4.69, 9.17) is 9.47 Å². The van der Waals surface area contributed by atoms with Crippen molar-refractivity contribution in [1.82, 2.24) is 0 Å². The Hall–Kier alpha value is -1.23. The standard InChI is InChI=1S/C13H16BrNO3/c1-17-11-6-9(14)5-10(7-11)15-12(8-3-4-8)13(16)18-2/h5-8,12,15H,3-4H2,1-2H3. The lowest BCUT2D eigenvalue weighted by Gasteiger charge is -2.17. The van der Waals surface area contributed by atoms with E-state index < -0.39 is 0 Å². The first-order valence-electron chi connectivity index (χ1n) is 5.83. The Morgan fingerprint density at radius 1 is 1.39 bits per heavy atom. The van der Waals surface area contributed by atoms with Crippen LogP contribution in [0.5, 0.6) is 5.75 Å². The van der Waals surface area contributed by atoms with Crippen LogP contribution < -0.4 is 10.1 Å². The van der Waals surface area contributed by atoms with Crippen molar-refractivity contribution in [2.75, 3.05) is 19.5 Å². The fraction of sp³-hybridized carbons (Fsp3) is 0.462. The van der Waals surface area contributed by atoms with Crippen LogP contribution in [-0.2, 0) is 9.53 Å². The summed E-state index contributed by atoms with van der Waals surface area (Å²) in [6.07, 6.45) is 2.13. The zero-order valence-electron chi connectivity index (χ0n) is 10.4. The quantitative estimate of drug-likeness (QED) is 0.849. The average molecular weight is 314 g/mol. The largest absolute Gasteiger partial charge is 0.497 e. The van der Waals surface area contributed by atoms with Crippen LogP contribution in [0.3, 0.4) is 0 Å². The van der Waals surface area contributed by atoms with E-state index in [0.717, 1.165) is 28.8 Å². The SMILES string of the molecule is COC(=O)C(Nc1cc(Br)cc(OC)c1)C1CC1. The van der Waals surface area contributed by atoms with Gasteiger partial charge in [0.25, 0.3) is 0 Å². The minimum atomic E-state index is -0.269. The number of hydrogen-bond acceptors (Lipinski definition) is 4. The van der Waals surface area contributed by atoms with Crippen LogP contribution in [0.15, 0.2) is 22.7 Å². The third kappa shape index (κ3) is 3.16. The highest BCUT2D eigenvalue weighted by Gasteiger charge is 2.37. The first-order chi connectivity index (χ1) is 8.63. The number of carbonyl (C=O) groups excluding carboxylic acids is 1. The maximum atomic E-state index is 11.7. The van der Waals surface area contributed by atoms with Crippen molar-refractivity contribution < 1.29 is 14.3 Å². The van der Waals surface area contributed by atoms with Gasteiger partial charge in [-0.05, 0) is 30.9 Å². The Balaban J connectivity index is 2.15. The second kappa shape index (κ2) is 5.61. The molecular weight excluding hydrogens is 298 g/mol. The number of methoxy groups -OCH3 is 2. The van der Waals surface area contributed by atoms with Crippen LogP contribution in [0, 0.1) is 5.92 Å². The average Bonchev–Trinajstić information content (AvgIpc) is 3.18. The van der Waals surface area contributed by atoms with Gasteiger partial charge in [0.05, 0.1) is 14.2 Å². The molecule has 1 fully saturated rings. The highest BCUT2D eigenvalue weighted by atomic mass is 79.9. The van der Waals surface area contributed by atoms with Gasteiger partial charge in [-0.1, -0.05) is 15.9 Å². The zero-order chi connectivity index (χ0) is 13.1. The third-order valence-corrected chi connectivity index (χ3v) is 3.44. The molecule has 1 atom stereocenters. The maximum Gasteiger partial charge on any atom is 0.328 e. The topological polar surface area (TPSA) is 47.6 Å². The zero-order valence-corrected chi connectivity index (χ0v) is 12.0. The summed E-state index contributed by atoms with van der Waals surface area (Å²) in [6.45, 7) is 0. The molecule has 1 aromatic rings. The molecule has 2 rings (SSSR count). The Morgan fingerprint density at radius 2 is 2.11 bits per heavy atom. The fourth-order valence-electron chi connectivity index (χ4n) is 1.87. The van der Waals surface area contributed by atoms with Crippen molar-refractivity contribution in [3.8, 4) is 5.75 Å². The molecule has 5 heteroatoms. The second-order valence-electron chi connectivity index (χ2n) is 4.36. The number of esters is 1. The van der Waals surface area contributed by atoms with Crippen molar-refractivity contribution in [2.24, 2.45) is 5.92 Å². The molecule has 0 heterocycles. The van der Waals surface area contributed by atoms with E-state index in [0.29, 0.717) is 5.92 Å². The van der Waals surface area contributed by atoms with E-state index in [1.165, 1.54) is 7.11 Å². The summed E-state index contributed by atoms with van der Waals surface area (Å²) in [7, 11) is 3.03. The smallest absolute Gasteiger partial charge is 0.328 e. The predicted octanol–water partition coefficient (Wildman–Crippen LogP) is 2.82. The maximum absolute atomic E-state index is 11.7. The molecule has 1 saturated carbocycles. The molecule has 0 spiro atoms. The van der Waals surface area contributed by atoms with E-state index >= 15 is 0 Å². The number of ether oxygens (including phenoxy) is 2. The number of rotatable bonds is 5. The monoisotopic (exact) mass is 313 g/mol. The van der Waals surface area contributed by atoms with Gasteiger partial charge in [-0.3, -0.25) is 0 Å². The molecule has 0 amide bonds. The summed E-state index contributed by atoms with van der Waals surface area (Å²) in [4.78, 5) is 11.7. The number of hydrogen-bond donors (Lipinski definition) is 1. The highest BCUT2D eigenvalue weighted by Crippen LogP contribution is 2.35. The van der Waals surface area contributed by atoms with Gasteiger partial charge in [0.15, 0.2) is 0 Å². The van der Waals surface area contributed by atoms with Gasteiger partial charge in [0, 0.05) is 16.2 Å². The molecule has 0 bridgehead atoms. The predicted molar refractivity (Wildman–Crippen MR) is 72.8 cm³/mol. The highest BCUT2D eigenvalue weighted by molar-refractivity contribution is 9.10. The van der Waals surface area contributed by atoms with Gasteiger partial charge in [0.1, 0.15) is 11.8 Å². The lowest BCUT2D eigenvalue weighted by molar-refractivity contribution is -0.142. The summed E-state index contributed by atoms with van der Waals surface area (Å²) in [5.74, 6) is 0.908. The summed E-state index contributed by atoms with van der Waals surface area (Å²) in [5.41, 5.74) is 0.850. The van der Waals surface area contributed by atoms with E-state index in [1.807, 2.05) is 18.2 Å². The van der Waals surface area contributed by atoms with E-state index in [-0.39, 0.29) is 12.0 Å². The lowest BCUT2D eigenvalue weighted by atomic mass is 10.1. The van der Waals surface area contributed by atoms with Crippen LogP contribution in [0.1, 0.15) is 12.8 Å². The third-order valence-electron chi connectivity index (χ3n) is 2.98. The molecule has 98 valence electrons. The van der Waals surface area contributed by atoms with Gasteiger partial charge in [-0.25, -0.2) is 4.79 Å². The number of carbonyl (C=O) groups is 1. The van der Waals surface area contributed by atoms with Crippen molar-refractivity contribution in [3.63, 3.8) is 0 Å². The second-order valence-corrected chi connectivity index (χ2v) is 5.28. The van der Waals surface area contributed by atoms with Crippen molar-refractivity contribution in [3.05, 3.63) is 22.7 Å².